The standard InChI is InChI=1S/C21H40O6/c1-6-16-9-21(26-14-19(4,12-24)15-27-21)17(7-2)8-20(16,5)25-13-18(3,10-22)11-23/h16-17,22-24H,6-15H2,1-5H3. The lowest BCUT2D eigenvalue weighted by atomic mass is 9.66. The summed E-state index contributed by atoms with van der Waals surface area (Å²) in [6, 6.07) is 0. The summed E-state index contributed by atoms with van der Waals surface area (Å²) in [5.74, 6) is -0.159. The van der Waals surface area contributed by atoms with Gasteiger partial charge >= 0.3 is 0 Å². The van der Waals surface area contributed by atoms with E-state index in [-0.39, 0.29) is 42.7 Å². The van der Waals surface area contributed by atoms with E-state index in [0.717, 1.165) is 25.7 Å². The van der Waals surface area contributed by atoms with Crippen LogP contribution < -0.4 is 0 Å². The van der Waals surface area contributed by atoms with Crippen LogP contribution in [0.4, 0.5) is 0 Å². The summed E-state index contributed by atoms with van der Waals surface area (Å²) in [5.41, 5.74) is -1.33. The highest BCUT2D eigenvalue weighted by Crippen LogP contribution is 2.52. The minimum absolute atomic E-state index is 0.0544. The smallest absolute Gasteiger partial charge is 0.171 e. The number of rotatable bonds is 8. The van der Waals surface area contributed by atoms with Gasteiger partial charge in [-0.25, -0.2) is 0 Å². The van der Waals surface area contributed by atoms with Gasteiger partial charge in [-0.1, -0.05) is 34.1 Å². The molecule has 3 unspecified atom stereocenters. The molecule has 0 aromatic heterocycles. The molecule has 0 aromatic carbocycles. The SMILES string of the molecule is CCC1CC2(OCC(C)(CO)CO2)C(CC)CC1(C)OCC(C)(CO)CO. The zero-order chi connectivity index (χ0) is 20.3. The predicted molar refractivity (Wildman–Crippen MR) is 103 cm³/mol. The molecule has 0 amide bonds. The normalized spacial score (nSPS) is 40.4. The fourth-order valence-corrected chi connectivity index (χ4v) is 4.35. The zero-order valence-electron chi connectivity index (χ0n) is 17.8. The molecule has 0 radical (unpaired) electrons. The number of ether oxygens (including phenoxy) is 3. The van der Waals surface area contributed by atoms with Crippen molar-refractivity contribution >= 4 is 0 Å². The molecule has 3 atom stereocenters. The van der Waals surface area contributed by atoms with Crippen molar-refractivity contribution in [2.75, 3.05) is 39.6 Å². The third-order valence-electron chi connectivity index (χ3n) is 6.88. The van der Waals surface area contributed by atoms with E-state index in [2.05, 4.69) is 20.8 Å². The van der Waals surface area contributed by atoms with Crippen LogP contribution >= 0.6 is 0 Å². The molecule has 1 saturated heterocycles. The maximum Gasteiger partial charge on any atom is 0.171 e. The predicted octanol–water partition coefficient (Wildman–Crippen LogP) is 2.34. The summed E-state index contributed by atoms with van der Waals surface area (Å²) in [4.78, 5) is 0. The topological polar surface area (TPSA) is 88.4 Å². The van der Waals surface area contributed by atoms with E-state index in [1.54, 1.807) is 0 Å². The zero-order valence-corrected chi connectivity index (χ0v) is 17.8. The van der Waals surface area contributed by atoms with Crippen LogP contribution in [0.3, 0.4) is 0 Å². The van der Waals surface area contributed by atoms with Crippen LogP contribution in [0.15, 0.2) is 0 Å². The lowest BCUT2D eigenvalue weighted by Gasteiger charge is -2.56. The van der Waals surface area contributed by atoms with Crippen LogP contribution in [0.5, 0.6) is 0 Å². The van der Waals surface area contributed by atoms with E-state index >= 15 is 0 Å². The van der Waals surface area contributed by atoms with Gasteiger partial charge in [0.05, 0.1) is 45.2 Å². The number of aliphatic hydroxyl groups excluding tert-OH is 3. The van der Waals surface area contributed by atoms with E-state index < -0.39 is 11.2 Å². The molecule has 6 heteroatoms. The quantitative estimate of drug-likeness (QED) is 0.591. The Labute approximate surface area is 164 Å². The first-order valence-corrected chi connectivity index (χ1v) is 10.4. The number of hydrogen-bond donors (Lipinski definition) is 3. The Morgan fingerprint density at radius 1 is 0.963 bits per heavy atom. The highest BCUT2D eigenvalue weighted by Gasteiger charge is 2.56. The summed E-state index contributed by atoms with van der Waals surface area (Å²) < 4.78 is 19.0. The first-order chi connectivity index (χ1) is 12.6. The minimum Gasteiger partial charge on any atom is -0.396 e. The summed E-state index contributed by atoms with van der Waals surface area (Å²) in [6.45, 7) is 11.4. The van der Waals surface area contributed by atoms with Crippen LogP contribution in [0.25, 0.3) is 0 Å². The van der Waals surface area contributed by atoms with Gasteiger partial charge in [-0.2, -0.15) is 0 Å². The third-order valence-corrected chi connectivity index (χ3v) is 6.88. The number of aliphatic hydroxyl groups is 3. The second-order valence-corrected chi connectivity index (χ2v) is 9.70. The highest BCUT2D eigenvalue weighted by molar-refractivity contribution is 5.01. The lowest BCUT2D eigenvalue weighted by Crippen LogP contribution is -2.61. The molecule has 6 nitrogen and oxygen atoms in total. The van der Waals surface area contributed by atoms with Crippen molar-refractivity contribution in [1.29, 1.82) is 0 Å². The van der Waals surface area contributed by atoms with Gasteiger partial charge < -0.3 is 29.5 Å². The molecule has 1 saturated carbocycles. The Morgan fingerprint density at radius 2 is 1.52 bits per heavy atom. The van der Waals surface area contributed by atoms with Crippen molar-refractivity contribution < 1.29 is 29.5 Å². The molecule has 3 N–H and O–H groups in total. The van der Waals surface area contributed by atoms with E-state index in [1.807, 2.05) is 13.8 Å². The summed E-state index contributed by atoms with van der Waals surface area (Å²) in [6.07, 6.45) is 3.43. The maximum absolute atomic E-state index is 9.61. The van der Waals surface area contributed by atoms with E-state index in [4.69, 9.17) is 14.2 Å². The van der Waals surface area contributed by atoms with E-state index in [9.17, 15) is 15.3 Å². The van der Waals surface area contributed by atoms with Crippen molar-refractivity contribution in [2.45, 2.75) is 71.7 Å². The molecule has 0 bridgehead atoms. The van der Waals surface area contributed by atoms with Gasteiger partial charge in [0.25, 0.3) is 0 Å². The molecule has 2 fully saturated rings. The summed E-state index contributed by atoms with van der Waals surface area (Å²) in [5, 5.41) is 28.8. The molecule has 1 aliphatic heterocycles. The van der Waals surface area contributed by atoms with Gasteiger partial charge in [-0.15, -0.1) is 0 Å². The molecule has 2 aliphatic rings. The van der Waals surface area contributed by atoms with Crippen molar-refractivity contribution in [3.63, 3.8) is 0 Å². The minimum atomic E-state index is -0.640. The molecule has 1 aliphatic carbocycles. The fraction of sp³-hybridized carbons (Fsp3) is 1.00. The average molecular weight is 389 g/mol. The number of hydrogen-bond acceptors (Lipinski definition) is 6. The van der Waals surface area contributed by atoms with Crippen molar-refractivity contribution in [1.82, 2.24) is 0 Å². The second kappa shape index (κ2) is 8.64. The first-order valence-electron chi connectivity index (χ1n) is 10.4. The van der Waals surface area contributed by atoms with Crippen LogP contribution in [0.1, 0.15) is 60.3 Å². The van der Waals surface area contributed by atoms with Crippen LogP contribution in [0, 0.1) is 22.7 Å². The first kappa shape index (κ1) is 23.0. The molecular weight excluding hydrogens is 348 g/mol. The maximum atomic E-state index is 9.61. The molecule has 1 heterocycles. The second-order valence-electron chi connectivity index (χ2n) is 9.70. The molecule has 27 heavy (non-hydrogen) atoms. The highest BCUT2D eigenvalue weighted by atomic mass is 16.7. The Balaban J connectivity index is 2.16. The Kier molecular flexibility index (Phi) is 7.37. The van der Waals surface area contributed by atoms with Gasteiger partial charge in [0.2, 0.25) is 0 Å². The average Bonchev–Trinajstić information content (AvgIpc) is 2.70. The van der Waals surface area contributed by atoms with Crippen LogP contribution in [-0.2, 0) is 14.2 Å². The van der Waals surface area contributed by atoms with Gasteiger partial charge in [-0.3, -0.25) is 0 Å². The van der Waals surface area contributed by atoms with Crippen molar-refractivity contribution in [3.8, 4) is 0 Å². The van der Waals surface area contributed by atoms with Gasteiger partial charge in [0.1, 0.15) is 0 Å². The Hall–Kier alpha value is -0.240. The van der Waals surface area contributed by atoms with E-state index in [0.29, 0.717) is 19.8 Å². The van der Waals surface area contributed by atoms with E-state index in [1.165, 1.54) is 0 Å². The third kappa shape index (κ3) is 4.68. The van der Waals surface area contributed by atoms with Gasteiger partial charge in [-0.05, 0) is 25.7 Å². The molecule has 1 spiro atoms. The molecule has 160 valence electrons. The molecular formula is C21H40O6. The summed E-state index contributed by atoms with van der Waals surface area (Å²) in [7, 11) is 0. The largest absolute Gasteiger partial charge is 0.396 e. The lowest BCUT2D eigenvalue weighted by molar-refractivity contribution is -0.358. The van der Waals surface area contributed by atoms with Gasteiger partial charge in [0.15, 0.2) is 5.79 Å². The summed E-state index contributed by atoms with van der Waals surface area (Å²) >= 11 is 0. The van der Waals surface area contributed by atoms with Crippen LogP contribution in [-0.4, -0.2) is 66.3 Å². The Bertz CT molecular complexity index is 469. The molecule has 0 aromatic rings. The Morgan fingerprint density at radius 3 is 1.96 bits per heavy atom. The fourth-order valence-electron chi connectivity index (χ4n) is 4.35. The van der Waals surface area contributed by atoms with Crippen molar-refractivity contribution in [3.05, 3.63) is 0 Å². The monoisotopic (exact) mass is 388 g/mol. The van der Waals surface area contributed by atoms with Crippen molar-refractivity contribution in [2.24, 2.45) is 22.7 Å². The van der Waals surface area contributed by atoms with Gasteiger partial charge in [0, 0.05) is 23.2 Å². The molecule has 2 rings (SSSR count). The van der Waals surface area contributed by atoms with Crippen LogP contribution in [0.2, 0.25) is 0 Å².